The molecule has 0 saturated carbocycles. The molecular weight excluding hydrogens is 357 g/mol. The Morgan fingerprint density at radius 1 is 1.33 bits per heavy atom. The van der Waals surface area contributed by atoms with Crippen molar-refractivity contribution >= 4 is 41.0 Å². The summed E-state index contributed by atoms with van der Waals surface area (Å²) in [5.74, 6) is -1.53. The summed E-state index contributed by atoms with van der Waals surface area (Å²) in [6, 6.07) is 1.30. The maximum atomic E-state index is 12.5. The van der Waals surface area contributed by atoms with Crippen molar-refractivity contribution in [1.82, 2.24) is 14.8 Å². The van der Waals surface area contributed by atoms with Gasteiger partial charge in [-0.1, -0.05) is 23.2 Å². The zero-order valence-electron chi connectivity index (χ0n) is 13.2. The summed E-state index contributed by atoms with van der Waals surface area (Å²) in [6.07, 6.45) is 1.87. The van der Waals surface area contributed by atoms with E-state index in [4.69, 9.17) is 28.3 Å². The predicted octanol–water partition coefficient (Wildman–Crippen LogP) is 2.25. The molecule has 1 aromatic heterocycles. The lowest BCUT2D eigenvalue weighted by molar-refractivity contribution is -0.145. The van der Waals surface area contributed by atoms with Crippen LogP contribution in [0.1, 0.15) is 36.7 Å². The number of aliphatic carboxylic acids is 1. The van der Waals surface area contributed by atoms with E-state index >= 15 is 0 Å². The molecule has 132 valence electrons. The highest BCUT2D eigenvalue weighted by atomic mass is 35.5. The van der Waals surface area contributed by atoms with Crippen LogP contribution in [0.5, 0.6) is 0 Å². The Hall–Kier alpha value is -1.73. The van der Waals surface area contributed by atoms with Gasteiger partial charge in [0.2, 0.25) is 5.91 Å². The van der Waals surface area contributed by atoms with Gasteiger partial charge in [0.15, 0.2) is 0 Å². The number of carbonyl (C=O) groups is 3. The molecule has 0 aliphatic carbocycles. The number of hydrogen-bond donors (Lipinski definition) is 2. The standard InChI is InChI=1S/C15H19Cl2N3O4/c1-9(21)20(8-13(22)23)10-3-2-5-19(6-4-10)15(24)12-7-11(16)14(17)18-12/h7,10,18H,2-6,8H2,1H3,(H,22,23). The molecule has 1 aromatic rings. The van der Waals surface area contributed by atoms with Gasteiger partial charge in [-0.15, -0.1) is 0 Å². The molecule has 7 nitrogen and oxygen atoms in total. The molecule has 2 amide bonds. The number of H-pyrrole nitrogens is 1. The fourth-order valence-electron chi connectivity index (χ4n) is 2.93. The number of aromatic nitrogens is 1. The molecule has 0 bridgehead atoms. The van der Waals surface area contributed by atoms with Gasteiger partial charge < -0.3 is 19.9 Å². The first-order valence-electron chi connectivity index (χ1n) is 7.62. The number of carbonyl (C=O) groups excluding carboxylic acids is 2. The van der Waals surface area contributed by atoms with Crippen molar-refractivity contribution in [2.45, 2.75) is 32.2 Å². The summed E-state index contributed by atoms with van der Waals surface area (Å²) in [7, 11) is 0. The van der Waals surface area contributed by atoms with Crippen LogP contribution in [0.2, 0.25) is 10.2 Å². The zero-order chi connectivity index (χ0) is 17.9. The van der Waals surface area contributed by atoms with E-state index < -0.39 is 5.97 Å². The van der Waals surface area contributed by atoms with Crippen molar-refractivity contribution in [2.75, 3.05) is 19.6 Å². The zero-order valence-corrected chi connectivity index (χ0v) is 14.7. The second kappa shape index (κ2) is 7.90. The fourth-order valence-corrected chi connectivity index (χ4v) is 3.24. The van der Waals surface area contributed by atoms with E-state index in [0.717, 1.165) is 0 Å². The largest absolute Gasteiger partial charge is 0.480 e. The molecule has 1 aliphatic rings. The number of carboxylic acids is 1. The lowest BCUT2D eigenvalue weighted by Crippen LogP contribution is -2.43. The number of carboxylic acid groups (broad SMARTS) is 1. The van der Waals surface area contributed by atoms with Gasteiger partial charge in [0.25, 0.3) is 5.91 Å². The maximum Gasteiger partial charge on any atom is 0.323 e. The predicted molar refractivity (Wildman–Crippen MR) is 89.4 cm³/mol. The number of hydrogen-bond acceptors (Lipinski definition) is 3. The Balaban J connectivity index is 2.05. The maximum absolute atomic E-state index is 12.5. The van der Waals surface area contributed by atoms with Gasteiger partial charge in [-0.3, -0.25) is 14.4 Å². The van der Waals surface area contributed by atoms with Gasteiger partial charge in [0, 0.05) is 26.1 Å². The summed E-state index contributed by atoms with van der Waals surface area (Å²) in [5.41, 5.74) is 0.317. The minimum atomic E-state index is -1.04. The van der Waals surface area contributed by atoms with Gasteiger partial charge in [0.1, 0.15) is 17.4 Å². The molecule has 1 atom stereocenters. The third kappa shape index (κ3) is 4.42. The highest BCUT2D eigenvalue weighted by molar-refractivity contribution is 6.41. The third-order valence-corrected chi connectivity index (χ3v) is 4.78. The van der Waals surface area contributed by atoms with E-state index in [2.05, 4.69) is 4.98 Å². The van der Waals surface area contributed by atoms with Crippen molar-refractivity contribution in [1.29, 1.82) is 0 Å². The molecule has 1 aliphatic heterocycles. The summed E-state index contributed by atoms with van der Waals surface area (Å²) >= 11 is 11.7. The molecule has 2 heterocycles. The van der Waals surface area contributed by atoms with Crippen LogP contribution in [0, 0.1) is 0 Å². The Labute approximate surface area is 149 Å². The number of amides is 2. The summed E-state index contributed by atoms with van der Waals surface area (Å²) in [5, 5.41) is 9.47. The monoisotopic (exact) mass is 375 g/mol. The first-order chi connectivity index (χ1) is 11.3. The van der Waals surface area contributed by atoms with Crippen LogP contribution < -0.4 is 0 Å². The molecule has 2 N–H and O–H groups in total. The summed E-state index contributed by atoms with van der Waals surface area (Å²) in [4.78, 5) is 40.9. The average Bonchev–Trinajstić information content (AvgIpc) is 2.73. The van der Waals surface area contributed by atoms with Crippen LogP contribution in [0.15, 0.2) is 6.07 Å². The Kier molecular flexibility index (Phi) is 6.12. The molecule has 0 aromatic carbocycles. The van der Waals surface area contributed by atoms with E-state index in [1.807, 2.05) is 0 Å². The average molecular weight is 376 g/mol. The highest BCUT2D eigenvalue weighted by Crippen LogP contribution is 2.24. The Bertz CT molecular complexity index is 627. The molecule has 0 spiro atoms. The van der Waals surface area contributed by atoms with E-state index in [1.165, 1.54) is 17.9 Å². The molecule has 1 fully saturated rings. The minimum absolute atomic E-state index is 0.188. The highest BCUT2D eigenvalue weighted by Gasteiger charge is 2.28. The van der Waals surface area contributed by atoms with Gasteiger partial charge in [-0.2, -0.15) is 0 Å². The second-order valence-electron chi connectivity index (χ2n) is 5.76. The van der Waals surface area contributed by atoms with Crippen LogP contribution in [0.3, 0.4) is 0 Å². The lowest BCUT2D eigenvalue weighted by atomic mass is 10.1. The molecule has 9 heteroatoms. The number of likely N-dealkylation sites (tertiary alicyclic amines) is 1. The number of nitrogens with zero attached hydrogens (tertiary/aromatic N) is 2. The van der Waals surface area contributed by atoms with Crippen molar-refractivity contribution in [3.63, 3.8) is 0 Å². The van der Waals surface area contributed by atoms with Gasteiger partial charge in [0.05, 0.1) is 5.02 Å². The summed E-state index contributed by atoms with van der Waals surface area (Å²) < 4.78 is 0. The van der Waals surface area contributed by atoms with Gasteiger partial charge in [-0.25, -0.2) is 0 Å². The van der Waals surface area contributed by atoms with Gasteiger partial charge >= 0.3 is 5.97 Å². The van der Waals surface area contributed by atoms with Crippen molar-refractivity contribution < 1.29 is 19.5 Å². The number of aromatic amines is 1. The summed E-state index contributed by atoms with van der Waals surface area (Å²) in [6.45, 7) is 2.00. The first-order valence-corrected chi connectivity index (χ1v) is 8.37. The van der Waals surface area contributed by atoms with E-state index in [1.54, 1.807) is 4.90 Å². The van der Waals surface area contributed by atoms with Crippen molar-refractivity contribution in [2.24, 2.45) is 0 Å². The van der Waals surface area contributed by atoms with E-state index in [9.17, 15) is 14.4 Å². The van der Waals surface area contributed by atoms with Crippen molar-refractivity contribution in [3.05, 3.63) is 21.9 Å². The normalized spacial score (nSPS) is 18.1. The Morgan fingerprint density at radius 2 is 2.04 bits per heavy atom. The quantitative estimate of drug-likeness (QED) is 0.843. The molecule has 0 radical (unpaired) electrons. The SMILES string of the molecule is CC(=O)N(CC(=O)O)C1CCCN(C(=O)c2cc(Cl)c(Cl)[nH]2)CC1. The van der Waals surface area contributed by atoms with Crippen LogP contribution >= 0.6 is 23.2 Å². The molecule has 1 saturated heterocycles. The second-order valence-corrected chi connectivity index (χ2v) is 6.55. The number of halogens is 2. The number of nitrogens with one attached hydrogen (secondary N) is 1. The third-order valence-electron chi connectivity index (χ3n) is 4.09. The minimum Gasteiger partial charge on any atom is -0.480 e. The molecule has 2 rings (SSSR count). The fraction of sp³-hybridized carbons (Fsp3) is 0.533. The van der Waals surface area contributed by atoms with Gasteiger partial charge in [-0.05, 0) is 25.3 Å². The first kappa shape index (κ1) is 18.6. The molecular formula is C15H19Cl2N3O4. The molecule has 24 heavy (non-hydrogen) atoms. The smallest absolute Gasteiger partial charge is 0.323 e. The van der Waals surface area contributed by atoms with E-state index in [0.29, 0.717) is 38.0 Å². The van der Waals surface area contributed by atoms with Crippen LogP contribution in [-0.4, -0.2) is 63.4 Å². The molecule has 1 unspecified atom stereocenters. The van der Waals surface area contributed by atoms with E-state index in [-0.39, 0.29) is 34.6 Å². The van der Waals surface area contributed by atoms with Crippen LogP contribution in [0.25, 0.3) is 0 Å². The lowest BCUT2D eigenvalue weighted by Gasteiger charge is -2.28. The Morgan fingerprint density at radius 3 is 2.58 bits per heavy atom. The van der Waals surface area contributed by atoms with Crippen molar-refractivity contribution in [3.8, 4) is 0 Å². The van der Waals surface area contributed by atoms with Crippen LogP contribution in [-0.2, 0) is 9.59 Å². The topological polar surface area (TPSA) is 93.7 Å². The van der Waals surface area contributed by atoms with Crippen LogP contribution in [0.4, 0.5) is 0 Å². The number of rotatable bonds is 4.